The van der Waals surface area contributed by atoms with Gasteiger partial charge in [-0.25, -0.2) is 14.3 Å². The van der Waals surface area contributed by atoms with Gasteiger partial charge in [0.25, 0.3) is 0 Å². The molecule has 4 aromatic rings. The number of halogens is 1. The number of aromatic nitrogens is 4. The number of carbonyl (C=O) groups is 1. The van der Waals surface area contributed by atoms with E-state index >= 15 is 0 Å². The molecule has 1 fully saturated rings. The van der Waals surface area contributed by atoms with Crippen molar-refractivity contribution >= 4 is 23.3 Å². The highest BCUT2D eigenvalue weighted by atomic mass is 35.5. The summed E-state index contributed by atoms with van der Waals surface area (Å²) in [6.07, 6.45) is 2.76. The van der Waals surface area contributed by atoms with Gasteiger partial charge in [-0.3, -0.25) is 0 Å². The van der Waals surface area contributed by atoms with Crippen LogP contribution in [0.4, 0.5) is 4.79 Å². The molecular weight excluding hydrogens is 516 g/mol. The van der Waals surface area contributed by atoms with Crippen molar-refractivity contribution < 1.29 is 14.3 Å². The van der Waals surface area contributed by atoms with Crippen LogP contribution in [0.2, 0.25) is 5.15 Å². The normalized spacial score (nSPS) is 14.3. The second kappa shape index (κ2) is 10.5. The Morgan fingerprint density at radius 3 is 2.56 bits per heavy atom. The summed E-state index contributed by atoms with van der Waals surface area (Å²) in [6.45, 7) is 8.56. The molecule has 0 bridgehead atoms. The zero-order valence-electron chi connectivity index (χ0n) is 22.3. The number of fused-ring (bicyclic) bond motifs is 1. The lowest BCUT2D eigenvalue weighted by Crippen LogP contribution is -2.44. The molecule has 0 aliphatic carbocycles. The number of likely N-dealkylation sites (tertiary alicyclic amines) is 1. The van der Waals surface area contributed by atoms with Gasteiger partial charge in [0.1, 0.15) is 22.6 Å². The van der Waals surface area contributed by atoms with E-state index in [0.29, 0.717) is 53.9 Å². The fourth-order valence-corrected chi connectivity index (χ4v) is 4.86. The summed E-state index contributed by atoms with van der Waals surface area (Å²) in [7, 11) is 0. The molecule has 0 unspecified atom stereocenters. The van der Waals surface area contributed by atoms with Crippen LogP contribution in [0.25, 0.3) is 28.0 Å². The van der Waals surface area contributed by atoms with Crippen LogP contribution in [-0.2, 0) is 4.74 Å². The molecule has 0 N–H and O–H groups in total. The summed E-state index contributed by atoms with van der Waals surface area (Å²) >= 11 is 6.33. The van der Waals surface area contributed by atoms with E-state index in [1.165, 1.54) is 0 Å². The predicted octanol–water partition coefficient (Wildman–Crippen LogP) is 6.07. The van der Waals surface area contributed by atoms with Crippen LogP contribution < -0.4 is 4.74 Å². The number of rotatable bonds is 4. The number of nitrogens with zero attached hydrogens (tertiary/aromatic N) is 6. The molecule has 1 aromatic carbocycles. The third-order valence-corrected chi connectivity index (χ3v) is 6.51. The van der Waals surface area contributed by atoms with Gasteiger partial charge in [-0.05, 0) is 57.5 Å². The highest BCUT2D eigenvalue weighted by molar-refractivity contribution is 6.29. The first-order valence-corrected chi connectivity index (χ1v) is 13.2. The number of nitriles is 1. The standard InChI is InChI=1S/C29H29ClN6O3/c1-18-14-21(16-23(30)32-18)25-26(20-7-5-6-19(15-20)17-31)34-36-13-10-24(33-27(25)36)38-22-8-11-35(12-9-22)28(37)39-29(2,3)4/h5-7,10,13-16,22H,8-9,11-12H2,1-4H3. The van der Waals surface area contributed by atoms with Gasteiger partial charge >= 0.3 is 6.09 Å². The average molecular weight is 545 g/mol. The zero-order chi connectivity index (χ0) is 27.7. The van der Waals surface area contributed by atoms with Crippen molar-refractivity contribution in [2.75, 3.05) is 13.1 Å². The number of benzene rings is 1. The van der Waals surface area contributed by atoms with Gasteiger partial charge in [0.2, 0.25) is 5.88 Å². The average Bonchev–Trinajstić information content (AvgIpc) is 3.26. The fraction of sp³-hybridized carbons (Fsp3) is 0.345. The molecule has 9 nitrogen and oxygen atoms in total. The van der Waals surface area contributed by atoms with Gasteiger partial charge in [0.05, 0.1) is 17.2 Å². The van der Waals surface area contributed by atoms with Crippen molar-refractivity contribution in [1.82, 2.24) is 24.5 Å². The third-order valence-electron chi connectivity index (χ3n) is 6.32. The molecule has 3 aromatic heterocycles. The largest absolute Gasteiger partial charge is 0.474 e. The highest BCUT2D eigenvalue weighted by Crippen LogP contribution is 2.36. The van der Waals surface area contributed by atoms with Crippen LogP contribution in [0.5, 0.6) is 5.88 Å². The van der Waals surface area contributed by atoms with E-state index in [4.69, 9.17) is 31.2 Å². The minimum Gasteiger partial charge on any atom is -0.474 e. The maximum Gasteiger partial charge on any atom is 0.410 e. The van der Waals surface area contributed by atoms with E-state index in [0.717, 1.165) is 22.4 Å². The molecule has 200 valence electrons. The van der Waals surface area contributed by atoms with Crippen molar-refractivity contribution in [3.05, 3.63) is 65.1 Å². The lowest BCUT2D eigenvalue weighted by molar-refractivity contribution is 0.0123. The minimum absolute atomic E-state index is 0.0885. The quantitative estimate of drug-likeness (QED) is 0.287. The number of ether oxygens (including phenoxy) is 2. The first-order valence-electron chi connectivity index (χ1n) is 12.8. The molecule has 5 rings (SSSR count). The summed E-state index contributed by atoms with van der Waals surface area (Å²) in [5.74, 6) is 0.466. The topological polar surface area (TPSA) is 106 Å². The molecule has 0 atom stereocenters. The zero-order valence-corrected chi connectivity index (χ0v) is 23.1. The second-order valence-electron chi connectivity index (χ2n) is 10.6. The SMILES string of the molecule is Cc1cc(-c2c(-c3cccc(C#N)c3)nn3ccc(OC4CCN(C(=O)OC(C)(C)C)CC4)nc23)cc(Cl)n1. The Hall–Kier alpha value is -4.16. The second-order valence-corrected chi connectivity index (χ2v) is 10.9. The molecule has 0 radical (unpaired) electrons. The van der Waals surface area contributed by atoms with Crippen LogP contribution in [0.3, 0.4) is 0 Å². The van der Waals surface area contributed by atoms with E-state index in [1.807, 2.05) is 52.1 Å². The summed E-state index contributed by atoms with van der Waals surface area (Å²) in [6, 6.07) is 15.0. The van der Waals surface area contributed by atoms with Crippen LogP contribution in [-0.4, -0.2) is 55.4 Å². The molecule has 4 heterocycles. The smallest absolute Gasteiger partial charge is 0.410 e. The molecule has 1 saturated heterocycles. The Bertz CT molecular complexity index is 1560. The van der Waals surface area contributed by atoms with Gasteiger partial charge in [-0.15, -0.1) is 0 Å². The molecule has 1 aliphatic rings. The Labute approximate surface area is 232 Å². The molecular formula is C29H29ClN6O3. The first kappa shape index (κ1) is 26.4. The summed E-state index contributed by atoms with van der Waals surface area (Å²) in [5, 5.41) is 14.6. The number of hydrogen-bond donors (Lipinski definition) is 0. The molecule has 0 saturated carbocycles. The highest BCUT2D eigenvalue weighted by Gasteiger charge is 2.28. The Balaban J connectivity index is 1.46. The maximum absolute atomic E-state index is 12.4. The maximum atomic E-state index is 12.4. The minimum atomic E-state index is -0.529. The van der Waals surface area contributed by atoms with E-state index in [9.17, 15) is 10.1 Å². The Kier molecular flexibility index (Phi) is 7.15. The van der Waals surface area contributed by atoms with Gasteiger partial charge < -0.3 is 14.4 Å². The van der Waals surface area contributed by atoms with Crippen LogP contribution in [0.1, 0.15) is 44.9 Å². The molecule has 39 heavy (non-hydrogen) atoms. The van der Waals surface area contributed by atoms with Crippen molar-refractivity contribution in [3.63, 3.8) is 0 Å². The fourth-order valence-electron chi connectivity index (χ4n) is 4.61. The van der Waals surface area contributed by atoms with Crippen LogP contribution in [0.15, 0.2) is 48.7 Å². The Morgan fingerprint density at radius 1 is 1.10 bits per heavy atom. The summed E-state index contributed by atoms with van der Waals surface area (Å²) < 4.78 is 13.5. The van der Waals surface area contributed by atoms with E-state index in [2.05, 4.69) is 11.1 Å². The molecule has 1 amide bonds. The van der Waals surface area contributed by atoms with Crippen molar-refractivity contribution in [3.8, 4) is 34.3 Å². The molecule has 10 heteroatoms. The number of aryl methyl sites for hydroxylation is 1. The number of carbonyl (C=O) groups excluding carboxylic acids is 1. The van der Waals surface area contributed by atoms with Gasteiger partial charge in [-0.1, -0.05) is 23.7 Å². The van der Waals surface area contributed by atoms with Gasteiger partial charge in [0.15, 0.2) is 5.65 Å². The molecule has 1 aliphatic heterocycles. The third kappa shape index (κ3) is 5.96. The van der Waals surface area contributed by atoms with Crippen molar-refractivity contribution in [1.29, 1.82) is 5.26 Å². The molecule has 0 spiro atoms. The lowest BCUT2D eigenvalue weighted by Gasteiger charge is -2.33. The Morgan fingerprint density at radius 2 is 1.87 bits per heavy atom. The summed E-state index contributed by atoms with van der Waals surface area (Å²) in [4.78, 5) is 23.3. The first-order chi connectivity index (χ1) is 18.6. The number of amides is 1. The van der Waals surface area contributed by atoms with Crippen molar-refractivity contribution in [2.24, 2.45) is 0 Å². The van der Waals surface area contributed by atoms with Gasteiger partial charge in [0, 0.05) is 49.5 Å². The van der Waals surface area contributed by atoms with Crippen molar-refractivity contribution in [2.45, 2.75) is 52.2 Å². The monoisotopic (exact) mass is 544 g/mol. The number of pyridine rings is 1. The number of piperidine rings is 1. The summed E-state index contributed by atoms with van der Waals surface area (Å²) in [5.41, 5.74) is 4.41. The van der Waals surface area contributed by atoms with Gasteiger partial charge in [-0.2, -0.15) is 15.3 Å². The van der Waals surface area contributed by atoms with Crippen LogP contribution >= 0.6 is 11.6 Å². The van der Waals surface area contributed by atoms with E-state index in [-0.39, 0.29) is 12.2 Å². The predicted molar refractivity (Wildman–Crippen MR) is 148 cm³/mol. The number of hydrogen-bond acceptors (Lipinski definition) is 7. The van der Waals surface area contributed by atoms with E-state index < -0.39 is 5.60 Å². The van der Waals surface area contributed by atoms with E-state index in [1.54, 1.807) is 33.7 Å². The van der Waals surface area contributed by atoms with Crippen LogP contribution in [0, 0.1) is 18.3 Å². The lowest BCUT2D eigenvalue weighted by atomic mass is 10.00.